The van der Waals surface area contributed by atoms with Gasteiger partial charge in [0, 0.05) is 12.6 Å². The SMILES string of the molecule is CCn1c(SCC(=O)Nc2cc(F)ccc2F)nnc1C(C)Oc1ccccc1OC. The van der Waals surface area contributed by atoms with Crippen molar-refractivity contribution in [2.24, 2.45) is 0 Å². The first kappa shape index (κ1) is 22.5. The number of para-hydroxylation sites is 2. The Kier molecular flexibility index (Phi) is 7.45. The number of rotatable bonds is 9. The summed E-state index contributed by atoms with van der Waals surface area (Å²) in [5.41, 5.74) is -0.206. The number of hydrogen-bond acceptors (Lipinski definition) is 6. The number of methoxy groups -OCH3 is 1. The number of thioether (sulfide) groups is 1. The van der Waals surface area contributed by atoms with Gasteiger partial charge in [0.05, 0.1) is 18.6 Å². The maximum Gasteiger partial charge on any atom is 0.234 e. The van der Waals surface area contributed by atoms with Crippen LogP contribution >= 0.6 is 11.8 Å². The Morgan fingerprint density at radius 1 is 1.19 bits per heavy atom. The van der Waals surface area contributed by atoms with Crippen LogP contribution in [-0.2, 0) is 11.3 Å². The molecule has 0 aliphatic rings. The molecule has 10 heteroatoms. The van der Waals surface area contributed by atoms with Gasteiger partial charge in [-0.2, -0.15) is 0 Å². The second kappa shape index (κ2) is 10.3. The number of anilines is 1. The van der Waals surface area contributed by atoms with Crippen molar-refractivity contribution in [1.29, 1.82) is 0 Å². The fourth-order valence-corrected chi connectivity index (χ4v) is 3.68. The van der Waals surface area contributed by atoms with Gasteiger partial charge in [-0.25, -0.2) is 8.78 Å². The fraction of sp³-hybridized carbons (Fsp3) is 0.286. The quantitative estimate of drug-likeness (QED) is 0.487. The number of benzene rings is 2. The van der Waals surface area contributed by atoms with Gasteiger partial charge >= 0.3 is 0 Å². The summed E-state index contributed by atoms with van der Waals surface area (Å²) in [6.45, 7) is 4.33. The van der Waals surface area contributed by atoms with E-state index in [1.54, 1.807) is 19.2 Å². The summed E-state index contributed by atoms with van der Waals surface area (Å²) in [5.74, 6) is -0.102. The van der Waals surface area contributed by atoms with Gasteiger partial charge in [0.25, 0.3) is 0 Å². The minimum Gasteiger partial charge on any atom is -0.493 e. The number of aromatic nitrogens is 3. The number of carbonyl (C=O) groups is 1. The molecular weight excluding hydrogens is 426 g/mol. The van der Waals surface area contributed by atoms with Gasteiger partial charge in [-0.05, 0) is 38.1 Å². The first-order valence-corrected chi connectivity index (χ1v) is 10.5. The van der Waals surface area contributed by atoms with Crippen LogP contribution in [0.2, 0.25) is 0 Å². The zero-order valence-electron chi connectivity index (χ0n) is 17.3. The summed E-state index contributed by atoms with van der Waals surface area (Å²) in [4.78, 5) is 12.2. The first-order valence-electron chi connectivity index (χ1n) is 9.53. The Morgan fingerprint density at radius 2 is 1.94 bits per heavy atom. The van der Waals surface area contributed by atoms with Crippen molar-refractivity contribution in [2.45, 2.75) is 31.7 Å². The number of hydrogen-bond donors (Lipinski definition) is 1. The molecule has 7 nitrogen and oxygen atoms in total. The highest BCUT2D eigenvalue weighted by Gasteiger charge is 2.20. The molecule has 1 amide bonds. The van der Waals surface area contributed by atoms with Crippen LogP contribution in [0.4, 0.5) is 14.5 Å². The number of carbonyl (C=O) groups excluding carboxylic acids is 1. The van der Waals surface area contributed by atoms with Gasteiger partial charge in [-0.15, -0.1) is 10.2 Å². The van der Waals surface area contributed by atoms with Crippen molar-refractivity contribution in [3.05, 3.63) is 59.9 Å². The Labute approximate surface area is 182 Å². The summed E-state index contributed by atoms with van der Waals surface area (Å²) in [5, 5.41) is 11.2. The molecule has 0 radical (unpaired) electrons. The van der Waals surface area contributed by atoms with Gasteiger partial charge < -0.3 is 19.4 Å². The normalized spacial score (nSPS) is 11.8. The topological polar surface area (TPSA) is 78.3 Å². The van der Waals surface area contributed by atoms with Crippen LogP contribution in [0.1, 0.15) is 25.8 Å². The Balaban J connectivity index is 1.66. The molecular formula is C21H22F2N4O3S. The Bertz CT molecular complexity index is 1060. The van der Waals surface area contributed by atoms with E-state index in [1.807, 2.05) is 30.5 Å². The number of nitrogens with zero attached hydrogens (tertiary/aromatic N) is 3. The van der Waals surface area contributed by atoms with Gasteiger partial charge in [-0.1, -0.05) is 23.9 Å². The molecule has 0 saturated carbocycles. The predicted octanol–water partition coefficient (Wildman–Crippen LogP) is 4.46. The van der Waals surface area contributed by atoms with E-state index in [1.165, 1.54) is 0 Å². The van der Waals surface area contributed by atoms with Gasteiger partial charge in [0.15, 0.2) is 28.6 Å². The van der Waals surface area contributed by atoms with Crippen molar-refractivity contribution in [3.8, 4) is 11.5 Å². The van der Waals surface area contributed by atoms with Crippen LogP contribution in [-0.4, -0.2) is 33.5 Å². The maximum atomic E-state index is 13.7. The van der Waals surface area contributed by atoms with Crippen LogP contribution in [0.25, 0.3) is 0 Å². The third-order valence-electron chi connectivity index (χ3n) is 4.33. The second-order valence-electron chi connectivity index (χ2n) is 6.46. The second-order valence-corrected chi connectivity index (χ2v) is 7.40. The smallest absolute Gasteiger partial charge is 0.234 e. The summed E-state index contributed by atoms with van der Waals surface area (Å²) >= 11 is 1.14. The van der Waals surface area contributed by atoms with E-state index in [0.717, 1.165) is 30.0 Å². The van der Waals surface area contributed by atoms with Crippen molar-refractivity contribution in [1.82, 2.24) is 14.8 Å². The molecule has 1 N–H and O–H groups in total. The third-order valence-corrected chi connectivity index (χ3v) is 5.30. The number of nitrogens with one attached hydrogen (secondary N) is 1. The predicted molar refractivity (Wildman–Crippen MR) is 113 cm³/mol. The molecule has 2 aromatic carbocycles. The zero-order chi connectivity index (χ0) is 22.4. The number of amides is 1. The van der Waals surface area contributed by atoms with E-state index >= 15 is 0 Å². The lowest BCUT2D eigenvalue weighted by Gasteiger charge is -2.17. The highest BCUT2D eigenvalue weighted by atomic mass is 32.2. The minimum absolute atomic E-state index is 0.0458. The molecule has 0 bridgehead atoms. The molecule has 0 aliphatic carbocycles. The highest BCUT2D eigenvalue weighted by molar-refractivity contribution is 7.99. The molecule has 1 atom stereocenters. The van der Waals surface area contributed by atoms with Crippen LogP contribution in [0.3, 0.4) is 0 Å². The molecule has 0 fully saturated rings. The van der Waals surface area contributed by atoms with E-state index in [9.17, 15) is 13.6 Å². The summed E-state index contributed by atoms with van der Waals surface area (Å²) in [7, 11) is 1.57. The minimum atomic E-state index is -0.707. The molecule has 3 rings (SSSR count). The van der Waals surface area contributed by atoms with Crippen molar-refractivity contribution < 1.29 is 23.0 Å². The van der Waals surface area contributed by atoms with Crippen LogP contribution in [0.15, 0.2) is 47.6 Å². The van der Waals surface area contributed by atoms with Crippen LogP contribution in [0.5, 0.6) is 11.5 Å². The standard InChI is InChI=1S/C21H22F2N4O3S/c1-4-27-20(13(2)30-18-8-6-5-7-17(18)29-3)25-26-21(27)31-12-19(28)24-16-11-14(22)9-10-15(16)23/h5-11,13H,4,12H2,1-3H3,(H,24,28). The van der Waals surface area contributed by atoms with E-state index in [0.29, 0.717) is 29.0 Å². The van der Waals surface area contributed by atoms with Gasteiger partial charge in [-0.3, -0.25) is 4.79 Å². The highest BCUT2D eigenvalue weighted by Crippen LogP contribution is 2.31. The van der Waals surface area contributed by atoms with Crippen LogP contribution in [0, 0.1) is 11.6 Å². The van der Waals surface area contributed by atoms with Crippen molar-refractivity contribution in [3.63, 3.8) is 0 Å². The Morgan fingerprint density at radius 3 is 2.65 bits per heavy atom. The number of halogens is 2. The molecule has 0 aliphatic heterocycles. The molecule has 164 valence electrons. The van der Waals surface area contributed by atoms with E-state index in [-0.39, 0.29) is 11.4 Å². The number of ether oxygens (including phenoxy) is 2. The van der Waals surface area contributed by atoms with Crippen molar-refractivity contribution >= 4 is 23.4 Å². The van der Waals surface area contributed by atoms with E-state index in [4.69, 9.17) is 9.47 Å². The molecule has 0 spiro atoms. The van der Waals surface area contributed by atoms with Gasteiger partial charge in [0.2, 0.25) is 5.91 Å². The fourth-order valence-electron chi connectivity index (χ4n) is 2.87. The summed E-state index contributed by atoms with van der Waals surface area (Å²) in [6, 6.07) is 10.2. The van der Waals surface area contributed by atoms with Crippen LogP contribution < -0.4 is 14.8 Å². The van der Waals surface area contributed by atoms with Crippen molar-refractivity contribution in [2.75, 3.05) is 18.2 Å². The lowest BCUT2D eigenvalue weighted by Crippen LogP contribution is -2.16. The summed E-state index contributed by atoms with van der Waals surface area (Å²) < 4.78 is 40.1. The summed E-state index contributed by atoms with van der Waals surface area (Å²) in [6.07, 6.45) is -0.423. The van der Waals surface area contributed by atoms with E-state index in [2.05, 4.69) is 15.5 Å². The average Bonchev–Trinajstić information content (AvgIpc) is 3.18. The molecule has 31 heavy (non-hydrogen) atoms. The molecule has 1 aromatic heterocycles. The molecule has 1 unspecified atom stereocenters. The first-order chi connectivity index (χ1) is 14.9. The Hall–Kier alpha value is -3.14. The molecule has 0 saturated heterocycles. The van der Waals surface area contributed by atoms with Gasteiger partial charge in [0.1, 0.15) is 11.6 Å². The third kappa shape index (κ3) is 5.52. The maximum absolute atomic E-state index is 13.7. The molecule has 1 heterocycles. The lowest BCUT2D eigenvalue weighted by atomic mass is 10.3. The molecule has 3 aromatic rings. The van der Waals surface area contributed by atoms with E-state index < -0.39 is 23.6 Å². The monoisotopic (exact) mass is 448 g/mol. The lowest BCUT2D eigenvalue weighted by molar-refractivity contribution is -0.113. The largest absolute Gasteiger partial charge is 0.493 e. The zero-order valence-corrected chi connectivity index (χ0v) is 18.1. The average molecular weight is 448 g/mol.